The molecule has 0 atom stereocenters. The van der Waals surface area contributed by atoms with Gasteiger partial charge in [-0.15, -0.1) is 0 Å². The van der Waals surface area contributed by atoms with E-state index in [4.69, 9.17) is 21.1 Å². The quantitative estimate of drug-likeness (QED) is 0.121. The summed E-state index contributed by atoms with van der Waals surface area (Å²) in [4.78, 5) is 39.9. The van der Waals surface area contributed by atoms with Crippen LogP contribution in [-0.4, -0.2) is 38.0 Å². The summed E-state index contributed by atoms with van der Waals surface area (Å²) < 4.78 is 10.9. The minimum atomic E-state index is -0.316. The van der Waals surface area contributed by atoms with Crippen LogP contribution in [0.25, 0.3) is 11.1 Å². The number of rotatable bonds is 13. The van der Waals surface area contributed by atoms with Crippen molar-refractivity contribution in [1.29, 1.82) is 0 Å². The van der Waals surface area contributed by atoms with Gasteiger partial charge in [-0.3, -0.25) is 14.4 Å². The topological polar surface area (TPSA) is 84.9 Å². The fourth-order valence-electron chi connectivity index (χ4n) is 4.79. The Hall–Kier alpha value is -4.62. The molecule has 4 aromatic carbocycles. The van der Waals surface area contributed by atoms with E-state index in [9.17, 15) is 14.4 Å². The third kappa shape index (κ3) is 8.48. The number of hydrogen-bond acceptors (Lipinski definition) is 5. The van der Waals surface area contributed by atoms with Crippen molar-refractivity contribution >= 4 is 40.8 Å². The van der Waals surface area contributed by atoms with Gasteiger partial charge in [0.2, 0.25) is 0 Å². The summed E-state index contributed by atoms with van der Waals surface area (Å²) in [5, 5.41) is 3.14. The minimum absolute atomic E-state index is 0.184. The Morgan fingerprint density at radius 1 is 0.841 bits per heavy atom. The first kappa shape index (κ1) is 32.3. The van der Waals surface area contributed by atoms with Gasteiger partial charge in [-0.2, -0.15) is 0 Å². The van der Waals surface area contributed by atoms with Crippen LogP contribution in [-0.2, 0) is 9.53 Å². The molecule has 4 aromatic rings. The second-order valence-electron chi connectivity index (χ2n) is 10.4. The number of hydrogen-bond donors (Lipinski definition) is 1. The first-order valence-corrected chi connectivity index (χ1v) is 15.1. The summed E-state index contributed by atoms with van der Waals surface area (Å²) in [6, 6.07) is 27.7. The van der Waals surface area contributed by atoms with Gasteiger partial charge in [0.1, 0.15) is 5.75 Å². The Morgan fingerprint density at radius 3 is 2.34 bits per heavy atom. The molecule has 4 rings (SSSR count). The molecule has 0 saturated carbocycles. The van der Waals surface area contributed by atoms with Gasteiger partial charge >= 0.3 is 5.97 Å². The molecule has 0 saturated heterocycles. The number of esters is 1. The highest BCUT2D eigenvalue weighted by Gasteiger charge is 2.21. The molecule has 8 heteroatoms. The summed E-state index contributed by atoms with van der Waals surface area (Å²) in [6.07, 6.45) is 2.72. The zero-order valence-electron chi connectivity index (χ0n) is 25.3. The Labute approximate surface area is 263 Å². The Morgan fingerprint density at radius 2 is 1.59 bits per heavy atom. The van der Waals surface area contributed by atoms with Crippen molar-refractivity contribution in [1.82, 2.24) is 0 Å². The van der Waals surface area contributed by atoms with Crippen molar-refractivity contribution < 1.29 is 23.9 Å². The molecule has 0 heterocycles. The monoisotopic (exact) mass is 612 g/mol. The van der Waals surface area contributed by atoms with Crippen LogP contribution >= 0.6 is 11.6 Å². The number of aryl methyl sites for hydroxylation is 1. The molecule has 44 heavy (non-hydrogen) atoms. The average molecular weight is 613 g/mol. The maximum Gasteiger partial charge on any atom is 0.305 e. The first-order chi connectivity index (χ1) is 21.3. The van der Waals surface area contributed by atoms with Crippen molar-refractivity contribution in [3.63, 3.8) is 0 Å². The SMILES string of the molecule is CCOC(=O)CCCCCOc1ccccc1N(C)C(=O)c1ccc(NC(=O)c2cc(C)ccc2-c2ccccc2)cc1Cl. The number of anilines is 2. The molecule has 0 unspecified atom stereocenters. The van der Waals surface area contributed by atoms with Crippen LogP contribution in [0.5, 0.6) is 5.75 Å². The lowest BCUT2D eigenvalue weighted by atomic mass is 9.97. The van der Waals surface area contributed by atoms with Gasteiger partial charge in [0.25, 0.3) is 11.8 Å². The van der Waals surface area contributed by atoms with Gasteiger partial charge in [0, 0.05) is 24.7 Å². The average Bonchev–Trinajstić information content (AvgIpc) is 3.03. The Kier molecular flexibility index (Phi) is 11.5. The number of unbranched alkanes of at least 4 members (excludes halogenated alkanes) is 2. The van der Waals surface area contributed by atoms with Crippen molar-refractivity contribution in [2.45, 2.75) is 39.5 Å². The Bertz CT molecular complexity index is 1610. The highest BCUT2D eigenvalue weighted by molar-refractivity contribution is 6.35. The molecule has 228 valence electrons. The molecular formula is C36H37ClN2O5. The van der Waals surface area contributed by atoms with Gasteiger partial charge in [-0.25, -0.2) is 0 Å². The van der Waals surface area contributed by atoms with E-state index < -0.39 is 0 Å². The predicted molar refractivity (Wildman–Crippen MR) is 176 cm³/mol. The predicted octanol–water partition coefficient (Wildman–Crippen LogP) is 8.35. The molecule has 1 N–H and O–H groups in total. The molecular weight excluding hydrogens is 576 g/mol. The third-order valence-corrected chi connectivity index (χ3v) is 7.39. The number of para-hydroxylation sites is 2. The fourth-order valence-corrected chi connectivity index (χ4v) is 5.05. The van der Waals surface area contributed by atoms with E-state index in [1.807, 2.05) is 79.7 Å². The van der Waals surface area contributed by atoms with Crippen LogP contribution < -0.4 is 15.0 Å². The number of nitrogens with zero attached hydrogens (tertiary/aromatic N) is 1. The van der Waals surface area contributed by atoms with Gasteiger partial charge in [-0.05, 0) is 80.6 Å². The van der Waals surface area contributed by atoms with E-state index in [1.165, 1.54) is 4.90 Å². The van der Waals surface area contributed by atoms with Crippen molar-refractivity contribution in [3.8, 4) is 16.9 Å². The number of halogens is 1. The maximum atomic E-state index is 13.5. The summed E-state index contributed by atoms with van der Waals surface area (Å²) in [5.41, 5.74) is 4.65. The second kappa shape index (κ2) is 15.7. The molecule has 7 nitrogen and oxygen atoms in total. The molecule has 2 amide bonds. The van der Waals surface area contributed by atoms with Crippen LogP contribution in [0, 0.1) is 6.92 Å². The van der Waals surface area contributed by atoms with Gasteiger partial charge in [-0.1, -0.05) is 71.8 Å². The van der Waals surface area contributed by atoms with E-state index in [1.54, 1.807) is 32.2 Å². The number of ether oxygens (including phenoxy) is 2. The van der Waals surface area contributed by atoms with Gasteiger partial charge in [0.15, 0.2) is 0 Å². The first-order valence-electron chi connectivity index (χ1n) is 14.7. The summed E-state index contributed by atoms with van der Waals surface area (Å²) in [7, 11) is 1.67. The molecule has 0 aliphatic heterocycles. The number of carbonyl (C=O) groups is 3. The zero-order valence-corrected chi connectivity index (χ0v) is 26.0. The van der Waals surface area contributed by atoms with Crippen molar-refractivity contribution in [2.24, 2.45) is 0 Å². The van der Waals surface area contributed by atoms with E-state index in [-0.39, 0.29) is 22.8 Å². The summed E-state index contributed by atoms with van der Waals surface area (Å²) in [6.45, 7) is 4.57. The smallest absolute Gasteiger partial charge is 0.305 e. The molecule has 0 spiro atoms. The summed E-state index contributed by atoms with van der Waals surface area (Å²) >= 11 is 6.59. The van der Waals surface area contributed by atoms with Gasteiger partial charge < -0.3 is 19.7 Å². The number of benzene rings is 4. The highest BCUT2D eigenvalue weighted by Crippen LogP contribution is 2.31. The van der Waals surface area contributed by atoms with E-state index >= 15 is 0 Å². The molecule has 0 aliphatic rings. The largest absolute Gasteiger partial charge is 0.491 e. The molecule has 0 fully saturated rings. The highest BCUT2D eigenvalue weighted by atomic mass is 35.5. The minimum Gasteiger partial charge on any atom is -0.491 e. The normalized spacial score (nSPS) is 10.6. The number of nitrogens with one attached hydrogen (secondary N) is 1. The Balaban J connectivity index is 1.41. The number of carbonyl (C=O) groups excluding carboxylic acids is 3. The second-order valence-corrected chi connectivity index (χ2v) is 10.8. The zero-order chi connectivity index (χ0) is 31.5. The van der Waals surface area contributed by atoms with Crippen molar-refractivity contribution in [2.75, 3.05) is 30.5 Å². The lowest BCUT2D eigenvalue weighted by molar-refractivity contribution is -0.143. The van der Waals surface area contributed by atoms with E-state index in [0.29, 0.717) is 47.9 Å². The van der Waals surface area contributed by atoms with Crippen LogP contribution in [0.1, 0.15) is 58.9 Å². The molecule has 0 bridgehead atoms. The molecule has 0 radical (unpaired) electrons. The van der Waals surface area contributed by atoms with E-state index in [2.05, 4.69) is 5.32 Å². The summed E-state index contributed by atoms with van der Waals surface area (Å²) in [5.74, 6) is -0.201. The van der Waals surface area contributed by atoms with Crippen molar-refractivity contribution in [3.05, 3.63) is 113 Å². The van der Waals surface area contributed by atoms with Gasteiger partial charge in [0.05, 0.1) is 29.5 Å². The lowest BCUT2D eigenvalue weighted by Gasteiger charge is -2.21. The molecule has 0 aromatic heterocycles. The van der Waals surface area contributed by atoms with Crippen LogP contribution in [0.3, 0.4) is 0 Å². The molecule has 0 aliphatic carbocycles. The van der Waals surface area contributed by atoms with Crippen LogP contribution in [0.4, 0.5) is 11.4 Å². The van der Waals surface area contributed by atoms with Crippen LogP contribution in [0.15, 0.2) is 91.0 Å². The fraction of sp³-hybridized carbons (Fsp3) is 0.250. The third-order valence-electron chi connectivity index (χ3n) is 7.08. The van der Waals surface area contributed by atoms with Crippen LogP contribution in [0.2, 0.25) is 5.02 Å². The lowest BCUT2D eigenvalue weighted by Crippen LogP contribution is -2.27. The van der Waals surface area contributed by atoms with E-state index in [0.717, 1.165) is 36.0 Å². The standard InChI is InChI=1S/C36H37ClN2O5/c1-4-43-34(40)17-9-6-12-22-44-33-16-11-10-15-32(33)39(3)36(42)29-21-19-27(24-31(29)37)38-35(41)30-23-25(2)18-20-28(30)26-13-7-5-8-14-26/h5,7-8,10-11,13-16,18-21,23-24H,4,6,9,12,17,22H2,1-3H3,(H,38,41). The number of amides is 2. The maximum absolute atomic E-state index is 13.5.